The molecule has 122 valence electrons. The van der Waals surface area contributed by atoms with Gasteiger partial charge in [-0.05, 0) is 31.9 Å². The van der Waals surface area contributed by atoms with Crippen LogP contribution in [0.1, 0.15) is 30.8 Å². The van der Waals surface area contributed by atoms with E-state index < -0.39 is 4.92 Å². The Hall–Kier alpha value is -2.63. The van der Waals surface area contributed by atoms with Crippen LogP contribution in [0.15, 0.2) is 35.4 Å². The molecule has 23 heavy (non-hydrogen) atoms. The average molecular weight is 314 g/mol. The van der Waals surface area contributed by atoms with Crippen molar-refractivity contribution in [3.8, 4) is 0 Å². The van der Waals surface area contributed by atoms with Gasteiger partial charge in [-0.3, -0.25) is 15.5 Å². The Morgan fingerprint density at radius 1 is 1.35 bits per heavy atom. The second-order valence-electron chi connectivity index (χ2n) is 5.98. The molecule has 1 aromatic carbocycles. The number of nitro benzene ring substituents is 1. The number of aromatic nitrogens is 1. The fourth-order valence-corrected chi connectivity index (χ4v) is 2.50. The van der Waals surface area contributed by atoms with Crippen molar-refractivity contribution in [3.05, 3.63) is 57.4 Å². The number of hydrogen-bond acceptors (Lipinski definition) is 4. The van der Waals surface area contributed by atoms with Gasteiger partial charge in [-0.25, -0.2) is 0 Å². The molecule has 0 saturated heterocycles. The van der Waals surface area contributed by atoms with E-state index >= 15 is 0 Å². The summed E-state index contributed by atoms with van der Waals surface area (Å²) in [5.74, 6) is 0.565. The van der Waals surface area contributed by atoms with Crippen LogP contribution in [0.3, 0.4) is 0 Å². The highest BCUT2D eigenvalue weighted by Crippen LogP contribution is 2.23. The predicted molar refractivity (Wildman–Crippen MR) is 93.1 cm³/mol. The summed E-state index contributed by atoms with van der Waals surface area (Å²) in [5, 5.41) is 15.1. The van der Waals surface area contributed by atoms with Gasteiger partial charge in [-0.15, -0.1) is 0 Å². The molecule has 0 aliphatic carbocycles. The summed E-state index contributed by atoms with van der Waals surface area (Å²) in [7, 11) is 0. The summed E-state index contributed by atoms with van der Waals surface area (Å²) in [5.41, 5.74) is 6.48. The van der Waals surface area contributed by atoms with Crippen LogP contribution >= 0.6 is 0 Å². The molecule has 6 heteroatoms. The van der Waals surface area contributed by atoms with Crippen molar-refractivity contribution in [2.75, 3.05) is 5.43 Å². The van der Waals surface area contributed by atoms with Gasteiger partial charge in [-0.2, -0.15) is 5.10 Å². The zero-order chi connectivity index (χ0) is 17.0. The molecule has 1 heterocycles. The third kappa shape index (κ3) is 3.97. The number of para-hydroxylation sites is 2. The van der Waals surface area contributed by atoms with Crippen molar-refractivity contribution in [1.82, 2.24) is 4.57 Å². The largest absolute Gasteiger partial charge is 0.348 e. The van der Waals surface area contributed by atoms with E-state index in [1.165, 1.54) is 11.8 Å². The molecule has 0 bridgehead atoms. The molecule has 0 amide bonds. The Labute approximate surface area is 136 Å². The minimum atomic E-state index is -0.424. The molecule has 0 aliphatic rings. The zero-order valence-electron chi connectivity index (χ0n) is 13.9. The van der Waals surface area contributed by atoms with Crippen LogP contribution in [0.25, 0.3) is 0 Å². The van der Waals surface area contributed by atoms with E-state index in [1.807, 2.05) is 0 Å². The Morgan fingerprint density at radius 2 is 2.04 bits per heavy atom. The quantitative estimate of drug-likeness (QED) is 0.495. The van der Waals surface area contributed by atoms with E-state index in [1.54, 1.807) is 24.4 Å². The van der Waals surface area contributed by atoms with Gasteiger partial charge < -0.3 is 4.57 Å². The number of rotatable bonds is 6. The molecule has 2 rings (SSSR count). The number of nitro groups is 1. The smallest absolute Gasteiger partial charge is 0.294 e. The summed E-state index contributed by atoms with van der Waals surface area (Å²) in [6, 6.07) is 8.53. The van der Waals surface area contributed by atoms with E-state index in [0.29, 0.717) is 11.6 Å². The minimum Gasteiger partial charge on any atom is -0.348 e. The first kappa shape index (κ1) is 16.7. The van der Waals surface area contributed by atoms with Crippen LogP contribution in [0.4, 0.5) is 11.4 Å². The maximum atomic E-state index is 11.0. The lowest BCUT2D eigenvalue weighted by Gasteiger charge is -2.11. The van der Waals surface area contributed by atoms with E-state index in [2.05, 4.69) is 48.9 Å². The van der Waals surface area contributed by atoms with Gasteiger partial charge in [0.15, 0.2) is 0 Å². The van der Waals surface area contributed by atoms with Crippen molar-refractivity contribution in [3.63, 3.8) is 0 Å². The second-order valence-corrected chi connectivity index (χ2v) is 5.98. The summed E-state index contributed by atoms with van der Waals surface area (Å²) >= 11 is 0. The summed E-state index contributed by atoms with van der Waals surface area (Å²) in [6.07, 6.45) is 1.70. The molecule has 0 atom stereocenters. The summed E-state index contributed by atoms with van der Waals surface area (Å²) < 4.78 is 2.26. The van der Waals surface area contributed by atoms with E-state index in [4.69, 9.17) is 0 Å². The third-order valence-corrected chi connectivity index (χ3v) is 3.65. The molecule has 0 spiro atoms. The normalized spacial score (nSPS) is 11.3. The van der Waals surface area contributed by atoms with Crippen LogP contribution in [-0.4, -0.2) is 15.7 Å². The van der Waals surface area contributed by atoms with Gasteiger partial charge >= 0.3 is 0 Å². The van der Waals surface area contributed by atoms with Crippen LogP contribution in [0.2, 0.25) is 0 Å². The number of nitrogens with zero attached hydrogens (tertiary/aromatic N) is 3. The first-order valence-corrected chi connectivity index (χ1v) is 7.59. The lowest BCUT2D eigenvalue weighted by atomic mass is 10.2. The van der Waals surface area contributed by atoms with Crippen molar-refractivity contribution < 1.29 is 4.92 Å². The average Bonchev–Trinajstić information content (AvgIpc) is 2.75. The zero-order valence-corrected chi connectivity index (χ0v) is 13.9. The van der Waals surface area contributed by atoms with Crippen molar-refractivity contribution in [2.24, 2.45) is 11.0 Å². The number of anilines is 1. The predicted octanol–water partition coefficient (Wildman–Crippen LogP) is 4.12. The number of nitrogens with one attached hydrogen (secondary N) is 1. The topological polar surface area (TPSA) is 72.5 Å². The molecule has 0 saturated carbocycles. The van der Waals surface area contributed by atoms with Crippen molar-refractivity contribution in [1.29, 1.82) is 0 Å². The van der Waals surface area contributed by atoms with Gasteiger partial charge in [0.2, 0.25) is 0 Å². The van der Waals surface area contributed by atoms with Gasteiger partial charge in [-0.1, -0.05) is 26.0 Å². The Balaban J connectivity index is 2.17. The highest BCUT2D eigenvalue weighted by molar-refractivity contribution is 5.82. The highest BCUT2D eigenvalue weighted by Gasteiger charge is 2.12. The van der Waals surface area contributed by atoms with Gasteiger partial charge in [0, 0.05) is 29.6 Å². The lowest BCUT2D eigenvalue weighted by molar-refractivity contribution is -0.384. The van der Waals surface area contributed by atoms with Gasteiger partial charge in [0.25, 0.3) is 5.69 Å². The first-order valence-electron chi connectivity index (χ1n) is 7.59. The van der Waals surface area contributed by atoms with E-state index in [0.717, 1.165) is 17.8 Å². The molecule has 1 N–H and O–H groups in total. The standard InChI is InChI=1S/C17H22N4O2/c1-12(2)11-20-13(3)9-15(14(20)4)10-18-19-16-7-5-6-8-17(16)21(22)23/h5-10,12,19H,11H2,1-4H3. The Bertz CT molecular complexity index is 732. The molecule has 0 fully saturated rings. The van der Waals surface area contributed by atoms with Gasteiger partial charge in [0.1, 0.15) is 5.69 Å². The lowest BCUT2D eigenvalue weighted by Crippen LogP contribution is -2.08. The Kier molecular flexibility index (Phi) is 5.16. The molecule has 0 radical (unpaired) electrons. The van der Waals surface area contributed by atoms with Crippen molar-refractivity contribution in [2.45, 2.75) is 34.2 Å². The third-order valence-electron chi connectivity index (χ3n) is 3.65. The summed E-state index contributed by atoms with van der Waals surface area (Å²) in [6.45, 7) is 9.46. The molecular formula is C17H22N4O2. The maximum Gasteiger partial charge on any atom is 0.294 e. The van der Waals surface area contributed by atoms with Crippen LogP contribution in [0, 0.1) is 29.9 Å². The molecule has 6 nitrogen and oxygen atoms in total. The number of hydrogen-bond donors (Lipinski definition) is 1. The maximum absolute atomic E-state index is 11.0. The Morgan fingerprint density at radius 3 is 2.70 bits per heavy atom. The SMILES string of the molecule is Cc1cc(C=NNc2ccccc2[N+](=O)[O-])c(C)n1CC(C)C. The van der Waals surface area contributed by atoms with E-state index in [9.17, 15) is 10.1 Å². The fraction of sp³-hybridized carbons (Fsp3) is 0.353. The molecule has 0 aliphatic heterocycles. The number of aryl methyl sites for hydroxylation is 1. The number of hydrazone groups is 1. The van der Waals surface area contributed by atoms with Crippen molar-refractivity contribution >= 4 is 17.6 Å². The summed E-state index contributed by atoms with van der Waals surface area (Å²) in [4.78, 5) is 10.5. The van der Waals surface area contributed by atoms with E-state index in [-0.39, 0.29) is 5.69 Å². The minimum absolute atomic E-state index is 0.00919. The number of benzene rings is 1. The first-order chi connectivity index (χ1) is 10.9. The monoisotopic (exact) mass is 314 g/mol. The second kappa shape index (κ2) is 7.09. The van der Waals surface area contributed by atoms with Crippen LogP contribution < -0.4 is 5.43 Å². The molecular weight excluding hydrogens is 292 g/mol. The molecule has 0 unspecified atom stereocenters. The molecule has 1 aromatic heterocycles. The fourth-order valence-electron chi connectivity index (χ4n) is 2.50. The van der Waals surface area contributed by atoms with Crippen LogP contribution in [0.5, 0.6) is 0 Å². The van der Waals surface area contributed by atoms with Crippen LogP contribution in [-0.2, 0) is 6.54 Å². The van der Waals surface area contributed by atoms with Gasteiger partial charge in [0.05, 0.1) is 11.1 Å². The molecule has 2 aromatic rings. The highest BCUT2D eigenvalue weighted by atomic mass is 16.6.